The van der Waals surface area contributed by atoms with E-state index in [4.69, 9.17) is 25.5 Å². The molecule has 1 aliphatic heterocycles. The molecule has 1 N–H and O–H groups in total. The first-order chi connectivity index (χ1) is 15.4. The second-order valence-electron chi connectivity index (χ2n) is 6.85. The molecule has 1 saturated heterocycles. The lowest BCUT2D eigenvalue weighted by atomic mass is 9.98. The second-order valence-corrected chi connectivity index (χ2v) is 7.26. The van der Waals surface area contributed by atoms with E-state index < -0.39 is 29.3 Å². The van der Waals surface area contributed by atoms with Gasteiger partial charge in [-0.05, 0) is 48.5 Å². The van der Waals surface area contributed by atoms with E-state index in [1.807, 2.05) is 0 Å². The van der Waals surface area contributed by atoms with E-state index in [-0.39, 0.29) is 33.4 Å². The van der Waals surface area contributed by atoms with Gasteiger partial charge in [0.15, 0.2) is 0 Å². The van der Waals surface area contributed by atoms with Crippen molar-refractivity contribution in [1.29, 1.82) is 0 Å². The summed E-state index contributed by atoms with van der Waals surface area (Å²) in [5.74, 6) is -2.41. The minimum atomic E-state index is -1.12. The number of Topliss-reactive ketones (excluding diaryl/α,β-unsaturated/α-hetero) is 1. The molecule has 164 valence electrons. The Morgan fingerprint density at radius 2 is 1.81 bits per heavy atom. The zero-order valence-electron chi connectivity index (χ0n) is 17.0. The van der Waals surface area contributed by atoms with Gasteiger partial charge in [0, 0.05) is 5.69 Å². The van der Waals surface area contributed by atoms with Gasteiger partial charge in [0.05, 0.1) is 36.6 Å². The zero-order chi connectivity index (χ0) is 23.0. The number of halogens is 2. The lowest BCUT2D eigenvalue weighted by molar-refractivity contribution is -0.132. The van der Waals surface area contributed by atoms with Crippen LogP contribution < -0.4 is 14.4 Å². The van der Waals surface area contributed by atoms with E-state index in [2.05, 4.69) is 0 Å². The van der Waals surface area contributed by atoms with Crippen LogP contribution in [0, 0.1) is 5.82 Å². The number of anilines is 1. The summed E-state index contributed by atoms with van der Waals surface area (Å²) in [5, 5.41) is 11.3. The van der Waals surface area contributed by atoms with Gasteiger partial charge in [-0.1, -0.05) is 11.6 Å². The van der Waals surface area contributed by atoms with E-state index in [1.54, 1.807) is 24.3 Å². The number of benzene rings is 2. The van der Waals surface area contributed by atoms with Gasteiger partial charge in [-0.25, -0.2) is 4.39 Å². The summed E-state index contributed by atoms with van der Waals surface area (Å²) < 4.78 is 29.8. The molecule has 32 heavy (non-hydrogen) atoms. The van der Waals surface area contributed by atoms with Crippen LogP contribution in [0.5, 0.6) is 11.5 Å². The van der Waals surface area contributed by atoms with Crippen molar-refractivity contribution in [2.45, 2.75) is 6.04 Å². The van der Waals surface area contributed by atoms with E-state index in [9.17, 15) is 19.1 Å². The number of amides is 1. The fourth-order valence-corrected chi connectivity index (χ4v) is 3.88. The van der Waals surface area contributed by atoms with Crippen LogP contribution in [0.25, 0.3) is 5.76 Å². The molecule has 1 amide bonds. The molecule has 0 spiro atoms. The Bertz CT molecular complexity index is 1240. The summed E-state index contributed by atoms with van der Waals surface area (Å²) in [6.07, 6.45) is 1.37. The molecular formula is C23H17ClFNO6. The van der Waals surface area contributed by atoms with Crippen molar-refractivity contribution in [1.82, 2.24) is 0 Å². The molecule has 1 atom stereocenters. The molecule has 2 aromatic carbocycles. The SMILES string of the molecule is COc1ccc(N2C(=O)C(=O)/C(=C(\O)c3cc(F)ccc3OC)C2c2ccco2)cc1Cl. The minimum absolute atomic E-state index is 0.0742. The molecule has 7 nitrogen and oxygen atoms in total. The third kappa shape index (κ3) is 3.48. The van der Waals surface area contributed by atoms with Crippen molar-refractivity contribution in [2.75, 3.05) is 19.1 Å². The summed E-state index contributed by atoms with van der Waals surface area (Å²) in [6, 6.07) is 10.1. The molecule has 1 unspecified atom stereocenters. The van der Waals surface area contributed by atoms with Crippen LogP contribution in [-0.2, 0) is 9.59 Å². The number of nitrogens with zero attached hydrogens (tertiary/aromatic N) is 1. The second kappa shape index (κ2) is 8.39. The molecule has 1 aromatic heterocycles. The fourth-order valence-electron chi connectivity index (χ4n) is 3.63. The molecule has 0 aliphatic carbocycles. The van der Waals surface area contributed by atoms with Gasteiger partial charge < -0.3 is 19.0 Å². The number of carbonyl (C=O) groups is 2. The van der Waals surface area contributed by atoms with Gasteiger partial charge in [0.1, 0.15) is 34.9 Å². The smallest absolute Gasteiger partial charge is 0.300 e. The van der Waals surface area contributed by atoms with E-state index in [1.165, 1.54) is 32.6 Å². The molecule has 1 fully saturated rings. The van der Waals surface area contributed by atoms with Crippen molar-refractivity contribution >= 4 is 34.7 Å². The summed E-state index contributed by atoms with van der Waals surface area (Å²) in [7, 11) is 2.79. The molecular weight excluding hydrogens is 441 g/mol. The van der Waals surface area contributed by atoms with Crippen LogP contribution in [-0.4, -0.2) is 31.0 Å². The maximum absolute atomic E-state index is 13.9. The number of hydrogen-bond acceptors (Lipinski definition) is 6. The Hall–Kier alpha value is -3.78. The topological polar surface area (TPSA) is 89.2 Å². The largest absolute Gasteiger partial charge is 0.507 e. The number of methoxy groups -OCH3 is 2. The van der Waals surface area contributed by atoms with Crippen molar-refractivity contribution in [3.8, 4) is 11.5 Å². The van der Waals surface area contributed by atoms with Crippen molar-refractivity contribution in [3.05, 3.63) is 82.5 Å². The number of ether oxygens (including phenoxy) is 2. The number of aliphatic hydroxyl groups excluding tert-OH is 1. The third-order valence-corrected chi connectivity index (χ3v) is 5.38. The summed E-state index contributed by atoms with van der Waals surface area (Å²) in [6.45, 7) is 0. The number of hydrogen-bond donors (Lipinski definition) is 1. The standard InChI is InChI=1S/C23H17ClFNO6/c1-30-16-7-5-12(25)10-14(16)21(27)19-20(18-4-3-9-32-18)26(23(29)22(19)28)13-6-8-17(31-2)15(24)11-13/h3-11,20,27H,1-2H3/b21-19-. The number of rotatable bonds is 5. The Morgan fingerprint density at radius 1 is 1.09 bits per heavy atom. The zero-order valence-corrected chi connectivity index (χ0v) is 17.7. The van der Waals surface area contributed by atoms with E-state index in [0.29, 0.717) is 5.75 Å². The summed E-state index contributed by atoms with van der Waals surface area (Å²) in [4.78, 5) is 27.3. The van der Waals surface area contributed by atoms with Crippen molar-refractivity contribution in [3.63, 3.8) is 0 Å². The van der Waals surface area contributed by atoms with Gasteiger partial charge in [-0.3, -0.25) is 14.5 Å². The lowest BCUT2D eigenvalue weighted by Crippen LogP contribution is -2.29. The predicted molar refractivity (Wildman–Crippen MR) is 114 cm³/mol. The summed E-state index contributed by atoms with van der Waals surface area (Å²) >= 11 is 6.23. The number of aliphatic hydroxyl groups is 1. The first-order valence-corrected chi connectivity index (χ1v) is 9.77. The van der Waals surface area contributed by atoms with Gasteiger partial charge in [-0.15, -0.1) is 0 Å². The highest BCUT2D eigenvalue weighted by Gasteiger charge is 2.48. The highest BCUT2D eigenvalue weighted by Crippen LogP contribution is 2.44. The van der Waals surface area contributed by atoms with Gasteiger partial charge in [-0.2, -0.15) is 0 Å². The van der Waals surface area contributed by atoms with E-state index in [0.717, 1.165) is 17.0 Å². The van der Waals surface area contributed by atoms with Gasteiger partial charge in [0.25, 0.3) is 11.7 Å². The normalized spacial score (nSPS) is 17.6. The van der Waals surface area contributed by atoms with Crippen molar-refractivity contribution < 1.29 is 33.0 Å². The maximum Gasteiger partial charge on any atom is 0.300 e. The monoisotopic (exact) mass is 457 g/mol. The molecule has 1 aliphatic rings. The van der Waals surface area contributed by atoms with Gasteiger partial charge >= 0.3 is 0 Å². The summed E-state index contributed by atoms with van der Waals surface area (Å²) in [5.41, 5.74) is -0.0693. The first kappa shape index (κ1) is 21.5. The third-order valence-electron chi connectivity index (χ3n) is 5.09. The average Bonchev–Trinajstić information content (AvgIpc) is 3.40. The predicted octanol–water partition coefficient (Wildman–Crippen LogP) is 4.72. The Balaban J connectivity index is 1.95. The van der Waals surface area contributed by atoms with E-state index >= 15 is 0 Å². The first-order valence-electron chi connectivity index (χ1n) is 9.39. The van der Waals surface area contributed by atoms with Crippen LogP contribution >= 0.6 is 11.6 Å². The quantitative estimate of drug-likeness (QED) is 0.339. The number of carbonyl (C=O) groups excluding carboxylic acids is 2. The molecule has 3 aromatic rings. The Morgan fingerprint density at radius 3 is 2.44 bits per heavy atom. The van der Waals surface area contributed by atoms with Crippen LogP contribution in [0.15, 0.2) is 64.8 Å². The molecule has 9 heteroatoms. The van der Waals surface area contributed by atoms with Crippen LogP contribution in [0.3, 0.4) is 0 Å². The minimum Gasteiger partial charge on any atom is -0.507 e. The fraction of sp³-hybridized carbons (Fsp3) is 0.130. The molecule has 2 heterocycles. The number of ketones is 1. The number of furan rings is 1. The van der Waals surface area contributed by atoms with Crippen LogP contribution in [0.1, 0.15) is 17.4 Å². The molecule has 0 bridgehead atoms. The maximum atomic E-state index is 13.9. The van der Waals surface area contributed by atoms with Crippen molar-refractivity contribution in [2.24, 2.45) is 0 Å². The average molecular weight is 458 g/mol. The lowest BCUT2D eigenvalue weighted by Gasteiger charge is -2.24. The Labute approximate surface area is 187 Å². The molecule has 0 radical (unpaired) electrons. The highest BCUT2D eigenvalue weighted by molar-refractivity contribution is 6.51. The molecule has 0 saturated carbocycles. The molecule has 4 rings (SSSR count). The Kier molecular flexibility index (Phi) is 5.63. The highest BCUT2D eigenvalue weighted by atomic mass is 35.5. The van der Waals surface area contributed by atoms with Gasteiger partial charge in [0.2, 0.25) is 0 Å². The van der Waals surface area contributed by atoms with Crippen LogP contribution in [0.4, 0.5) is 10.1 Å². The van der Waals surface area contributed by atoms with Crippen LogP contribution in [0.2, 0.25) is 5.02 Å².